The van der Waals surface area contributed by atoms with E-state index in [1.165, 1.54) is 11.1 Å². The third-order valence-corrected chi connectivity index (χ3v) is 4.93. The fourth-order valence-electron chi connectivity index (χ4n) is 3.51. The summed E-state index contributed by atoms with van der Waals surface area (Å²) in [5.41, 5.74) is 5.68. The molecule has 0 fully saturated rings. The number of hydrogen-bond acceptors (Lipinski definition) is 2. The van der Waals surface area contributed by atoms with E-state index in [9.17, 15) is 4.79 Å². The summed E-state index contributed by atoms with van der Waals surface area (Å²) in [6.07, 6.45) is 2.57. The lowest BCUT2D eigenvalue weighted by molar-refractivity contribution is -0.117. The van der Waals surface area contributed by atoms with Gasteiger partial charge in [0.2, 0.25) is 5.91 Å². The molecule has 1 aliphatic rings. The Hall–Kier alpha value is -2.00. The number of benzene rings is 2. The fourth-order valence-corrected chi connectivity index (χ4v) is 3.70. The van der Waals surface area contributed by atoms with E-state index in [1.807, 2.05) is 24.3 Å². The Morgan fingerprint density at radius 2 is 2.00 bits per heavy atom. The Labute approximate surface area is 161 Å². The lowest BCUT2D eigenvalue weighted by atomic mass is 9.92. The van der Waals surface area contributed by atoms with Gasteiger partial charge in [-0.1, -0.05) is 44.5 Å². The topological polar surface area (TPSA) is 41.1 Å². The number of aryl methyl sites for hydroxylation is 2. The standard InChI is InChI=1S/C22H27ClN2O/c1-14-10-18-15(11-20(14)25-21(26)13-22(2,3)4)8-9-19(18)24-17-7-5-6-16(23)12-17/h5-7,10-12,19,24H,8-9,13H2,1-4H3,(H,25,26). The first kappa shape index (κ1) is 18.8. The van der Waals surface area contributed by atoms with E-state index in [4.69, 9.17) is 11.6 Å². The van der Waals surface area contributed by atoms with Crippen LogP contribution in [0.25, 0.3) is 0 Å². The van der Waals surface area contributed by atoms with Crippen molar-refractivity contribution < 1.29 is 4.79 Å². The summed E-state index contributed by atoms with van der Waals surface area (Å²) < 4.78 is 0. The molecule has 2 aromatic carbocycles. The predicted octanol–water partition coefficient (Wildman–Crippen LogP) is 6.12. The van der Waals surface area contributed by atoms with Gasteiger partial charge in [0, 0.05) is 22.8 Å². The molecular formula is C22H27ClN2O. The van der Waals surface area contributed by atoms with Gasteiger partial charge in [-0.3, -0.25) is 4.79 Å². The van der Waals surface area contributed by atoms with Crippen LogP contribution in [0.4, 0.5) is 11.4 Å². The molecular weight excluding hydrogens is 344 g/mol. The van der Waals surface area contributed by atoms with E-state index >= 15 is 0 Å². The fraction of sp³-hybridized carbons (Fsp3) is 0.409. The SMILES string of the molecule is Cc1cc2c(cc1NC(=O)CC(C)(C)C)CCC2Nc1cccc(Cl)c1. The number of anilines is 2. The zero-order chi connectivity index (χ0) is 18.9. The van der Waals surface area contributed by atoms with E-state index < -0.39 is 0 Å². The van der Waals surface area contributed by atoms with Crippen LogP contribution in [-0.2, 0) is 11.2 Å². The summed E-state index contributed by atoms with van der Waals surface area (Å²) in [5.74, 6) is 0.0761. The number of amides is 1. The summed E-state index contributed by atoms with van der Waals surface area (Å²) in [6.45, 7) is 8.29. The van der Waals surface area contributed by atoms with Crippen LogP contribution in [0.3, 0.4) is 0 Å². The summed E-state index contributed by atoms with van der Waals surface area (Å²) in [6, 6.07) is 12.5. The molecule has 1 unspecified atom stereocenters. The van der Waals surface area contributed by atoms with Crippen molar-refractivity contribution in [2.24, 2.45) is 5.41 Å². The van der Waals surface area contributed by atoms with Crippen molar-refractivity contribution in [3.8, 4) is 0 Å². The van der Waals surface area contributed by atoms with Gasteiger partial charge in [-0.15, -0.1) is 0 Å². The average Bonchev–Trinajstić information content (AvgIpc) is 2.88. The number of hydrogen-bond donors (Lipinski definition) is 2. The smallest absolute Gasteiger partial charge is 0.224 e. The lowest BCUT2D eigenvalue weighted by Gasteiger charge is -2.19. The second-order valence-corrected chi connectivity index (χ2v) is 8.83. The first-order valence-corrected chi connectivity index (χ1v) is 9.54. The molecule has 2 aromatic rings. The quantitative estimate of drug-likeness (QED) is 0.680. The van der Waals surface area contributed by atoms with Crippen molar-refractivity contribution >= 4 is 28.9 Å². The predicted molar refractivity (Wildman–Crippen MR) is 110 cm³/mol. The first-order valence-electron chi connectivity index (χ1n) is 9.17. The number of nitrogens with one attached hydrogen (secondary N) is 2. The van der Waals surface area contributed by atoms with Crippen LogP contribution in [0, 0.1) is 12.3 Å². The highest BCUT2D eigenvalue weighted by Gasteiger charge is 2.24. The van der Waals surface area contributed by atoms with Gasteiger partial charge >= 0.3 is 0 Å². The van der Waals surface area contributed by atoms with Gasteiger partial charge in [0.1, 0.15) is 0 Å². The minimum Gasteiger partial charge on any atom is -0.378 e. The zero-order valence-electron chi connectivity index (χ0n) is 15.9. The molecule has 3 rings (SSSR count). The number of rotatable bonds is 4. The van der Waals surface area contributed by atoms with Crippen LogP contribution in [0.2, 0.25) is 5.02 Å². The van der Waals surface area contributed by atoms with Crippen molar-refractivity contribution in [3.05, 3.63) is 58.1 Å². The molecule has 0 radical (unpaired) electrons. The molecule has 4 heteroatoms. The Morgan fingerprint density at radius 3 is 2.69 bits per heavy atom. The van der Waals surface area contributed by atoms with E-state index in [0.717, 1.165) is 34.8 Å². The Kier molecular flexibility index (Phi) is 5.29. The Morgan fingerprint density at radius 1 is 1.23 bits per heavy atom. The third kappa shape index (κ3) is 4.59. The molecule has 0 heterocycles. The average molecular weight is 371 g/mol. The minimum absolute atomic E-state index is 0.0132. The number of carbonyl (C=O) groups is 1. The maximum atomic E-state index is 12.3. The summed E-state index contributed by atoms with van der Waals surface area (Å²) in [5, 5.41) is 7.41. The molecule has 3 nitrogen and oxygen atoms in total. The zero-order valence-corrected chi connectivity index (χ0v) is 16.7. The van der Waals surface area contributed by atoms with Crippen molar-refractivity contribution in [2.75, 3.05) is 10.6 Å². The minimum atomic E-state index is -0.0132. The largest absolute Gasteiger partial charge is 0.378 e. The Balaban J connectivity index is 1.76. The van der Waals surface area contributed by atoms with E-state index in [1.54, 1.807) is 0 Å². The van der Waals surface area contributed by atoms with E-state index in [-0.39, 0.29) is 17.4 Å². The number of fused-ring (bicyclic) bond motifs is 1. The van der Waals surface area contributed by atoms with Crippen LogP contribution >= 0.6 is 11.6 Å². The van der Waals surface area contributed by atoms with Gasteiger partial charge < -0.3 is 10.6 Å². The molecule has 0 aliphatic heterocycles. The highest BCUT2D eigenvalue weighted by Crippen LogP contribution is 2.37. The summed E-state index contributed by atoms with van der Waals surface area (Å²) in [4.78, 5) is 12.3. The van der Waals surface area contributed by atoms with Crippen LogP contribution < -0.4 is 10.6 Å². The molecule has 0 saturated carbocycles. The molecule has 0 saturated heterocycles. The molecule has 138 valence electrons. The second-order valence-electron chi connectivity index (χ2n) is 8.40. The maximum Gasteiger partial charge on any atom is 0.224 e. The van der Waals surface area contributed by atoms with Gasteiger partial charge in [-0.2, -0.15) is 0 Å². The number of carbonyl (C=O) groups excluding carboxylic acids is 1. The van der Waals surface area contributed by atoms with Crippen LogP contribution in [0.5, 0.6) is 0 Å². The summed E-state index contributed by atoms with van der Waals surface area (Å²) in [7, 11) is 0. The van der Waals surface area contributed by atoms with Gasteiger partial charge in [0.15, 0.2) is 0 Å². The van der Waals surface area contributed by atoms with E-state index in [0.29, 0.717) is 6.42 Å². The van der Waals surface area contributed by atoms with Crippen molar-refractivity contribution in [1.82, 2.24) is 0 Å². The Bertz CT molecular complexity index is 823. The molecule has 0 aromatic heterocycles. The van der Waals surface area contributed by atoms with Crippen LogP contribution in [0.1, 0.15) is 56.3 Å². The van der Waals surface area contributed by atoms with Crippen LogP contribution in [-0.4, -0.2) is 5.91 Å². The van der Waals surface area contributed by atoms with Gasteiger partial charge in [0.25, 0.3) is 0 Å². The van der Waals surface area contributed by atoms with Crippen molar-refractivity contribution in [1.29, 1.82) is 0 Å². The van der Waals surface area contributed by atoms with Gasteiger partial charge in [0.05, 0.1) is 6.04 Å². The van der Waals surface area contributed by atoms with E-state index in [2.05, 4.69) is 50.5 Å². The molecule has 1 amide bonds. The normalized spacial score (nSPS) is 16.3. The number of halogens is 1. The highest BCUT2D eigenvalue weighted by atomic mass is 35.5. The summed E-state index contributed by atoms with van der Waals surface area (Å²) >= 11 is 6.09. The van der Waals surface area contributed by atoms with Crippen molar-refractivity contribution in [3.63, 3.8) is 0 Å². The molecule has 2 N–H and O–H groups in total. The lowest BCUT2D eigenvalue weighted by Crippen LogP contribution is -2.20. The molecule has 1 aliphatic carbocycles. The molecule has 0 spiro atoms. The van der Waals surface area contributed by atoms with Crippen molar-refractivity contribution in [2.45, 2.75) is 53.0 Å². The van der Waals surface area contributed by atoms with Crippen LogP contribution in [0.15, 0.2) is 36.4 Å². The highest BCUT2D eigenvalue weighted by molar-refractivity contribution is 6.30. The molecule has 26 heavy (non-hydrogen) atoms. The molecule has 1 atom stereocenters. The van der Waals surface area contributed by atoms with Gasteiger partial charge in [-0.05, 0) is 66.1 Å². The monoisotopic (exact) mass is 370 g/mol. The first-order chi connectivity index (χ1) is 12.2. The second kappa shape index (κ2) is 7.32. The van der Waals surface area contributed by atoms with Gasteiger partial charge in [-0.25, -0.2) is 0 Å². The maximum absolute atomic E-state index is 12.3. The third-order valence-electron chi connectivity index (χ3n) is 4.69. The molecule has 0 bridgehead atoms.